The number of aromatic nitrogens is 1. The summed E-state index contributed by atoms with van der Waals surface area (Å²) in [5.74, 6) is 0.657. The van der Waals surface area contributed by atoms with Crippen LogP contribution in [-0.2, 0) is 0 Å². The zero-order chi connectivity index (χ0) is 13.8. The molecule has 0 saturated carbocycles. The smallest absolute Gasteiger partial charge is 0.252 e. The summed E-state index contributed by atoms with van der Waals surface area (Å²) in [6.45, 7) is 2.86. The van der Waals surface area contributed by atoms with Crippen LogP contribution in [0.2, 0.25) is 5.02 Å². The molecule has 1 amide bonds. The first kappa shape index (κ1) is 14.1. The van der Waals surface area contributed by atoms with Crippen LogP contribution in [0.15, 0.2) is 12.3 Å². The summed E-state index contributed by atoms with van der Waals surface area (Å²) < 4.78 is 0. The van der Waals surface area contributed by atoms with Gasteiger partial charge in [0.1, 0.15) is 5.82 Å². The Bertz CT molecular complexity index is 458. The topological polar surface area (TPSA) is 71.2 Å². The Hall–Kier alpha value is -1.33. The number of carbonyl (C=O) groups excluding carboxylic acids is 1. The molecule has 0 aromatic carbocycles. The van der Waals surface area contributed by atoms with E-state index in [4.69, 9.17) is 17.3 Å². The molecule has 1 fully saturated rings. The van der Waals surface area contributed by atoms with Crippen molar-refractivity contribution in [3.05, 3.63) is 22.8 Å². The molecule has 2 rings (SSSR count). The number of nitrogen functional groups attached to an aromatic ring is 1. The molecular weight excluding hydrogens is 264 g/mol. The maximum Gasteiger partial charge on any atom is 0.252 e. The van der Waals surface area contributed by atoms with Gasteiger partial charge in [0.25, 0.3) is 5.91 Å². The maximum atomic E-state index is 12.0. The molecule has 1 aliphatic rings. The lowest BCUT2D eigenvalue weighted by Gasteiger charge is -2.28. The average Bonchev–Trinajstić information content (AvgIpc) is 2.40. The van der Waals surface area contributed by atoms with Crippen molar-refractivity contribution in [2.24, 2.45) is 5.92 Å². The number of pyridine rings is 1. The lowest BCUT2D eigenvalue weighted by molar-refractivity contribution is 0.0939. The van der Waals surface area contributed by atoms with Gasteiger partial charge in [0, 0.05) is 12.7 Å². The van der Waals surface area contributed by atoms with Crippen LogP contribution in [0.1, 0.15) is 23.2 Å². The van der Waals surface area contributed by atoms with E-state index >= 15 is 0 Å². The number of nitrogens with two attached hydrogens (primary N) is 1. The normalized spacial score (nSPS) is 17.4. The molecule has 3 N–H and O–H groups in total. The predicted molar refractivity (Wildman–Crippen MR) is 76.2 cm³/mol. The van der Waals surface area contributed by atoms with E-state index < -0.39 is 0 Å². The third-order valence-corrected chi connectivity index (χ3v) is 3.81. The number of nitrogens with one attached hydrogen (secondary N) is 1. The van der Waals surface area contributed by atoms with Crippen LogP contribution < -0.4 is 11.1 Å². The van der Waals surface area contributed by atoms with E-state index in [1.54, 1.807) is 0 Å². The second-order valence-electron chi connectivity index (χ2n) is 5.05. The van der Waals surface area contributed by atoms with Crippen molar-refractivity contribution in [2.75, 3.05) is 32.4 Å². The molecule has 2 heterocycles. The number of halogens is 1. The van der Waals surface area contributed by atoms with Gasteiger partial charge in [-0.15, -0.1) is 0 Å². The number of likely N-dealkylation sites (tertiary alicyclic amines) is 1. The molecular formula is C13H19ClN4O. The second kappa shape index (κ2) is 6.21. The average molecular weight is 283 g/mol. The van der Waals surface area contributed by atoms with Gasteiger partial charge in [-0.05, 0) is 45.0 Å². The quantitative estimate of drug-likeness (QED) is 0.879. The summed E-state index contributed by atoms with van der Waals surface area (Å²) >= 11 is 5.95. The first-order valence-corrected chi connectivity index (χ1v) is 6.82. The second-order valence-corrected chi connectivity index (χ2v) is 5.45. The highest BCUT2D eigenvalue weighted by Crippen LogP contribution is 2.18. The number of rotatable bonds is 3. The van der Waals surface area contributed by atoms with Gasteiger partial charge in [-0.1, -0.05) is 11.6 Å². The molecule has 1 saturated heterocycles. The van der Waals surface area contributed by atoms with Gasteiger partial charge in [-0.2, -0.15) is 0 Å². The molecule has 0 atom stereocenters. The number of carbonyl (C=O) groups is 1. The number of hydrogen-bond donors (Lipinski definition) is 2. The molecule has 1 aromatic rings. The van der Waals surface area contributed by atoms with Crippen molar-refractivity contribution in [2.45, 2.75) is 12.8 Å². The third kappa shape index (κ3) is 3.81. The Morgan fingerprint density at radius 1 is 1.58 bits per heavy atom. The molecule has 5 nitrogen and oxygen atoms in total. The van der Waals surface area contributed by atoms with Gasteiger partial charge in [-0.3, -0.25) is 4.79 Å². The minimum Gasteiger partial charge on any atom is -0.384 e. The third-order valence-electron chi connectivity index (χ3n) is 3.51. The van der Waals surface area contributed by atoms with E-state index in [-0.39, 0.29) is 5.91 Å². The predicted octanol–water partition coefficient (Wildman–Crippen LogP) is 1.39. The molecule has 0 aliphatic carbocycles. The Balaban J connectivity index is 1.89. The van der Waals surface area contributed by atoms with Crippen LogP contribution in [0.5, 0.6) is 0 Å². The fourth-order valence-corrected chi connectivity index (χ4v) is 2.42. The van der Waals surface area contributed by atoms with Crippen molar-refractivity contribution < 1.29 is 4.79 Å². The standard InChI is InChI=1S/C13H19ClN4O/c1-18-4-2-9(3-5-18)7-17-13(19)10-6-12(15)16-8-11(10)14/h6,8-9H,2-5,7H2,1H3,(H2,15,16)(H,17,19). The van der Waals surface area contributed by atoms with Crippen molar-refractivity contribution in [1.29, 1.82) is 0 Å². The molecule has 1 aliphatic heterocycles. The Kier molecular flexibility index (Phi) is 4.61. The van der Waals surface area contributed by atoms with Crippen molar-refractivity contribution in [3.63, 3.8) is 0 Å². The van der Waals surface area contributed by atoms with Crippen LogP contribution in [-0.4, -0.2) is 42.5 Å². The number of nitrogens with zero attached hydrogens (tertiary/aromatic N) is 2. The van der Waals surface area contributed by atoms with Crippen LogP contribution in [0.3, 0.4) is 0 Å². The molecule has 6 heteroatoms. The zero-order valence-electron chi connectivity index (χ0n) is 11.0. The monoisotopic (exact) mass is 282 g/mol. The minimum absolute atomic E-state index is 0.182. The largest absolute Gasteiger partial charge is 0.384 e. The van der Waals surface area contributed by atoms with Gasteiger partial charge in [0.2, 0.25) is 0 Å². The minimum atomic E-state index is -0.182. The first-order chi connectivity index (χ1) is 9.06. The van der Waals surface area contributed by atoms with E-state index in [1.165, 1.54) is 12.3 Å². The molecule has 0 radical (unpaired) electrons. The summed E-state index contributed by atoms with van der Waals surface area (Å²) in [5, 5.41) is 3.26. The number of piperidine rings is 1. The summed E-state index contributed by atoms with van der Waals surface area (Å²) in [7, 11) is 2.12. The van der Waals surface area contributed by atoms with Crippen LogP contribution in [0.25, 0.3) is 0 Å². The molecule has 0 unspecified atom stereocenters. The molecule has 104 valence electrons. The van der Waals surface area contributed by atoms with Crippen molar-refractivity contribution >= 4 is 23.3 Å². The number of amides is 1. The fourth-order valence-electron chi connectivity index (χ4n) is 2.23. The highest BCUT2D eigenvalue weighted by molar-refractivity contribution is 6.33. The van der Waals surface area contributed by atoms with E-state index in [1.807, 2.05) is 0 Å². The number of anilines is 1. The van der Waals surface area contributed by atoms with Crippen LogP contribution in [0.4, 0.5) is 5.82 Å². The van der Waals surface area contributed by atoms with Gasteiger partial charge < -0.3 is 16.0 Å². The van der Waals surface area contributed by atoms with Crippen molar-refractivity contribution in [1.82, 2.24) is 15.2 Å². The maximum absolute atomic E-state index is 12.0. The molecule has 0 spiro atoms. The summed E-state index contributed by atoms with van der Waals surface area (Å²) in [6, 6.07) is 1.51. The van der Waals surface area contributed by atoms with Gasteiger partial charge in [0.05, 0.1) is 10.6 Å². The van der Waals surface area contributed by atoms with E-state index in [0.29, 0.717) is 28.9 Å². The lowest BCUT2D eigenvalue weighted by atomic mass is 9.97. The molecule has 19 heavy (non-hydrogen) atoms. The van der Waals surface area contributed by atoms with E-state index in [9.17, 15) is 4.79 Å². The fraction of sp³-hybridized carbons (Fsp3) is 0.538. The van der Waals surface area contributed by atoms with Gasteiger partial charge in [-0.25, -0.2) is 4.98 Å². The summed E-state index contributed by atoms with van der Waals surface area (Å²) in [6.07, 6.45) is 3.63. The highest BCUT2D eigenvalue weighted by atomic mass is 35.5. The Morgan fingerprint density at radius 3 is 2.95 bits per heavy atom. The summed E-state index contributed by atoms with van der Waals surface area (Å²) in [4.78, 5) is 18.2. The van der Waals surface area contributed by atoms with Gasteiger partial charge in [0.15, 0.2) is 0 Å². The summed E-state index contributed by atoms with van der Waals surface area (Å²) in [5.41, 5.74) is 5.96. The Morgan fingerprint density at radius 2 is 2.26 bits per heavy atom. The van der Waals surface area contributed by atoms with Gasteiger partial charge >= 0.3 is 0 Å². The van der Waals surface area contributed by atoms with Crippen LogP contribution in [0, 0.1) is 5.92 Å². The first-order valence-electron chi connectivity index (χ1n) is 6.44. The number of hydrogen-bond acceptors (Lipinski definition) is 4. The highest BCUT2D eigenvalue weighted by Gasteiger charge is 2.18. The van der Waals surface area contributed by atoms with Crippen molar-refractivity contribution in [3.8, 4) is 0 Å². The lowest BCUT2D eigenvalue weighted by Crippen LogP contribution is -2.37. The SMILES string of the molecule is CN1CCC(CNC(=O)c2cc(N)ncc2Cl)CC1. The molecule has 1 aromatic heterocycles. The zero-order valence-corrected chi connectivity index (χ0v) is 11.8. The van der Waals surface area contributed by atoms with E-state index in [2.05, 4.69) is 22.2 Å². The molecule has 0 bridgehead atoms. The van der Waals surface area contributed by atoms with Crippen LogP contribution >= 0.6 is 11.6 Å². The Labute approximate surface area is 118 Å². The van der Waals surface area contributed by atoms with E-state index in [0.717, 1.165) is 25.9 Å².